The lowest BCUT2D eigenvalue weighted by Crippen LogP contribution is -2.49. The first-order valence-corrected chi connectivity index (χ1v) is 12.3. The van der Waals surface area contributed by atoms with E-state index in [1.807, 2.05) is 0 Å². The molecule has 30 heavy (non-hydrogen) atoms. The van der Waals surface area contributed by atoms with E-state index in [0.29, 0.717) is 6.04 Å². The summed E-state index contributed by atoms with van der Waals surface area (Å²) in [7, 11) is 0. The number of nitrogens with zero attached hydrogens (tertiary/aromatic N) is 3. The number of aliphatic hydroxyl groups excluding tert-OH is 1. The Morgan fingerprint density at radius 1 is 0.933 bits per heavy atom. The zero-order chi connectivity index (χ0) is 20.7. The highest BCUT2D eigenvalue weighted by molar-refractivity contribution is 5.84. The Labute approximate surface area is 181 Å². The molecular formula is C26H39N3O. The molecule has 2 saturated heterocycles. The second-order valence-electron chi connectivity index (χ2n) is 10.5. The average molecular weight is 410 g/mol. The Morgan fingerprint density at radius 2 is 1.63 bits per heavy atom. The number of piperidine rings is 1. The number of aromatic nitrogens is 1. The number of benzene rings is 1. The topological polar surface area (TPSA) is 31.6 Å². The monoisotopic (exact) mass is 409 g/mol. The van der Waals surface area contributed by atoms with Crippen LogP contribution < -0.4 is 0 Å². The fourth-order valence-electron chi connectivity index (χ4n) is 6.28. The van der Waals surface area contributed by atoms with E-state index in [0.717, 1.165) is 37.5 Å². The van der Waals surface area contributed by atoms with Crippen molar-refractivity contribution in [2.45, 2.75) is 77.1 Å². The minimum absolute atomic E-state index is 0.127. The Morgan fingerprint density at radius 3 is 2.30 bits per heavy atom. The van der Waals surface area contributed by atoms with Gasteiger partial charge in [-0.15, -0.1) is 0 Å². The highest BCUT2D eigenvalue weighted by Crippen LogP contribution is 2.36. The summed E-state index contributed by atoms with van der Waals surface area (Å²) in [5.74, 6) is 1.81. The van der Waals surface area contributed by atoms with Crippen LogP contribution >= 0.6 is 0 Å². The Hall–Kier alpha value is -1.36. The number of para-hydroxylation sites is 1. The van der Waals surface area contributed by atoms with Crippen molar-refractivity contribution in [2.75, 3.05) is 26.2 Å². The number of β-amino-alcohol motifs (C(OH)–C–C–N with tert-alkyl or cyclic N) is 1. The quantitative estimate of drug-likeness (QED) is 0.779. The van der Waals surface area contributed by atoms with E-state index in [1.54, 1.807) is 0 Å². The summed E-state index contributed by atoms with van der Waals surface area (Å²) < 4.78 is 2.58. The Bertz CT molecular complexity index is 837. The third-order valence-corrected chi connectivity index (χ3v) is 8.25. The predicted molar refractivity (Wildman–Crippen MR) is 124 cm³/mol. The molecule has 2 aliphatic heterocycles. The van der Waals surface area contributed by atoms with Crippen molar-refractivity contribution < 1.29 is 5.11 Å². The van der Waals surface area contributed by atoms with Gasteiger partial charge in [-0.2, -0.15) is 0 Å². The van der Waals surface area contributed by atoms with Crippen LogP contribution in [0.15, 0.2) is 30.5 Å². The molecule has 1 aromatic heterocycles. The molecule has 0 amide bonds. The summed E-state index contributed by atoms with van der Waals surface area (Å²) in [6, 6.07) is 10.4. The molecule has 4 heteroatoms. The standard InChI is InChI=1S/C26H39N3O/c1-19(2)20-7-9-22(10-8-20)28-13-11-23(12-14-28)29-16-21(15-27-17-24(30)18-27)25-5-3-4-6-26(25)29/h3-6,16,19-20,22-24,30H,7-15,17-18H2,1-2H3. The van der Waals surface area contributed by atoms with Crippen molar-refractivity contribution in [1.29, 1.82) is 0 Å². The zero-order valence-electron chi connectivity index (χ0n) is 18.8. The van der Waals surface area contributed by atoms with Gasteiger partial charge in [0.1, 0.15) is 0 Å². The number of hydrogen-bond acceptors (Lipinski definition) is 3. The molecule has 1 N–H and O–H groups in total. The summed E-state index contributed by atoms with van der Waals surface area (Å²) in [5, 5.41) is 11.0. The van der Waals surface area contributed by atoms with Gasteiger partial charge in [0.15, 0.2) is 0 Å². The van der Waals surface area contributed by atoms with Crippen LogP contribution in [0.25, 0.3) is 10.9 Å². The van der Waals surface area contributed by atoms with E-state index in [-0.39, 0.29) is 6.10 Å². The molecule has 0 radical (unpaired) electrons. The molecule has 1 aliphatic carbocycles. The van der Waals surface area contributed by atoms with Crippen LogP contribution in [0.4, 0.5) is 0 Å². The fourth-order valence-corrected chi connectivity index (χ4v) is 6.28. The molecule has 2 aromatic rings. The van der Waals surface area contributed by atoms with Crippen molar-refractivity contribution >= 4 is 10.9 Å². The lowest BCUT2D eigenvalue weighted by molar-refractivity contribution is -0.00268. The molecule has 0 atom stereocenters. The molecule has 4 nitrogen and oxygen atoms in total. The van der Waals surface area contributed by atoms with Gasteiger partial charge < -0.3 is 14.6 Å². The van der Waals surface area contributed by atoms with Crippen molar-refractivity contribution in [3.05, 3.63) is 36.0 Å². The smallest absolute Gasteiger partial charge is 0.0794 e. The van der Waals surface area contributed by atoms with Crippen LogP contribution in [0.2, 0.25) is 0 Å². The number of hydrogen-bond donors (Lipinski definition) is 1. The van der Waals surface area contributed by atoms with Crippen LogP contribution in [-0.4, -0.2) is 57.8 Å². The largest absolute Gasteiger partial charge is 0.390 e. The van der Waals surface area contributed by atoms with E-state index >= 15 is 0 Å². The Kier molecular flexibility index (Phi) is 5.92. The van der Waals surface area contributed by atoms with E-state index in [9.17, 15) is 5.11 Å². The second kappa shape index (κ2) is 8.64. The first-order chi connectivity index (χ1) is 14.6. The molecule has 3 fully saturated rings. The van der Waals surface area contributed by atoms with Gasteiger partial charge in [-0.05, 0) is 62.0 Å². The van der Waals surface area contributed by atoms with Gasteiger partial charge in [0, 0.05) is 61.9 Å². The van der Waals surface area contributed by atoms with Gasteiger partial charge in [-0.25, -0.2) is 0 Å². The number of likely N-dealkylation sites (tertiary alicyclic amines) is 2. The van der Waals surface area contributed by atoms with E-state index in [4.69, 9.17) is 0 Å². The molecule has 3 heterocycles. The Balaban J connectivity index is 1.24. The SMILES string of the molecule is CC(C)C1CCC(N2CCC(n3cc(CN4CC(O)C4)c4ccccc43)CC2)CC1. The van der Waals surface area contributed by atoms with E-state index < -0.39 is 0 Å². The molecule has 3 aliphatic rings. The van der Waals surface area contributed by atoms with Crippen molar-refractivity contribution in [3.8, 4) is 0 Å². The molecular weight excluding hydrogens is 370 g/mol. The number of fused-ring (bicyclic) bond motifs is 1. The maximum absolute atomic E-state index is 9.64. The zero-order valence-corrected chi connectivity index (χ0v) is 18.8. The summed E-state index contributed by atoms with van der Waals surface area (Å²) in [5.41, 5.74) is 2.82. The van der Waals surface area contributed by atoms with Crippen LogP contribution in [0, 0.1) is 11.8 Å². The predicted octanol–water partition coefficient (Wildman–Crippen LogP) is 4.67. The molecule has 1 saturated carbocycles. The van der Waals surface area contributed by atoms with Crippen LogP contribution in [0.1, 0.15) is 64.0 Å². The summed E-state index contributed by atoms with van der Waals surface area (Å²) in [6.07, 6.45) is 10.5. The van der Waals surface area contributed by atoms with Gasteiger partial charge in [0.2, 0.25) is 0 Å². The molecule has 0 bridgehead atoms. The molecule has 5 rings (SSSR count). The van der Waals surface area contributed by atoms with Crippen molar-refractivity contribution in [1.82, 2.24) is 14.4 Å². The first-order valence-electron chi connectivity index (χ1n) is 12.3. The molecule has 0 spiro atoms. The molecule has 1 aromatic carbocycles. The number of aliphatic hydroxyl groups is 1. The lowest BCUT2D eigenvalue weighted by atomic mass is 9.79. The average Bonchev–Trinajstić information content (AvgIpc) is 3.11. The summed E-state index contributed by atoms with van der Waals surface area (Å²) >= 11 is 0. The fraction of sp³-hybridized carbons (Fsp3) is 0.692. The van der Waals surface area contributed by atoms with Crippen molar-refractivity contribution in [2.24, 2.45) is 11.8 Å². The third-order valence-electron chi connectivity index (χ3n) is 8.25. The van der Waals surface area contributed by atoms with Crippen LogP contribution in [0.3, 0.4) is 0 Å². The van der Waals surface area contributed by atoms with Crippen LogP contribution in [-0.2, 0) is 6.54 Å². The third kappa shape index (κ3) is 4.06. The maximum atomic E-state index is 9.64. The first kappa shape index (κ1) is 20.5. The van der Waals surface area contributed by atoms with Gasteiger partial charge in [0.25, 0.3) is 0 Å². The molecule has 0 unspecified atom stereocenters. The normalized spacial score (nSPS) is 27.7. The minimum Gasteiger partial charge on any atom is -0.390 e. The van der Waals surface area contributed by atoms with Gasteiger partial charge in [0.05, 0.1) is 6.10 Å². The van der Waals surface area contributed by atoms with Gasteiger partial charge in [-0.3, -0.25) is 4.90 Å². The lowest BCUT2D eigenvalue weighted by Gasteiger charge is -2.42. The minimum atomic E-state index is -0.127. The number of rotatable bonds is 5. The molecule has 164 valence electrons. The highest BCUT2D eigenvalue weighted by Gasteiger charge is 2.31. The van der Waals surface area contributed by atoms with Gasteiger partial charge in [-0.1, -0.05) is 32.0 Å². The van der Waals surface area contributed by atoms with E-state index in [2.05, 4.69) is 58.7 Å². The highest BCUT2D eigenvalue weighted by atomic mass is 16.3. The second-order valence-corrected chi connectivity index (χ2v) is 10.5. The summed E-state index contributed by atoms with van der Waals surface area (Å²) in [6.45, 7) is 9.90. The summed E-state index contributed by atoms with van der Waals surface area (Å²) in [4.78, 5) is 5.16. The van der Waals surface area contributed by atoms with Crippen molar-refractivity contribution in [3.63, 3.8) is 0 Å². The van der Waals surface area contributed by atoms with E-state index in [1.165, 1.54) is 68.1 Å². The maximum Gasteiger partial charge on any atom is 0.0794 e. The van der Waals surface area contributed by atoms with Crippen LogP contribution in [0.5, 0.6) is 0 Å². The van der Waals surface area contributed by atoms with Gasteiger partial charge >= 0.3 is 0 Å².